The molecular weight excluding hydrogens is 439 g/mol. The maximum Gasteiger partial charge on any atom is 0.435 e. The summed E-state index contributed by atoms with van der Waals surface area (Å²) in [5, 5.41) is 4.09. The molecule has 0 N–H and O–H groups in total. The number of pyridine rings is 1. The summed E-state index contributed by atoms with van der Waals surface area (Å²) in [6, 6.07) is 20.2. The molecule has 4 aromatic rings. The van der Waals surface area contributed by atoms with Gasteiger partial charge in [0.15, 0.2) is 11.9 Å². The summed E-state index contributed by atoms with van der Waals surface area (Å²) in [5.41, 5.74) is 3.17. The van der Waals surface area contributed by atoms with Gasteiger partial charge in [-0.05, 0) is 48.9 Å². The lowest BCUT2D eigenvalue weighted by Gasteiger charge is -2.25. The van der Waals surface area contributed by atoms with Crippen molar-refractivity contribution < 1.29 is 17.9 Å². The molecule has 1 fully saturated rings. The second-order valence-electron chi connectivity index (χ2n) is 8.45. The van der Waals surface area contributed by atoms with Crippen LogP contribution >= 0.6 is 0 Å². The van der Waals surface area contributed by atoms with Crippen molar-refractivity contribution in [3.05, 3.63) is 84.2 Å². The van der Waals surface area contributed by atoms with Crippen LogP contribution in [-0.4, -0.2) is 21.4 Å². The molecule has 4 nitrogen and oxygen atoms in total. The molecule has 0 amide bonds. The first-order valence-corrected chi connectivity index (χ1v) is 11.3. The van der Waals surface area contributed by atoms with Crippen LogP contribution in [-0.2, 0) is 10.9 Å². The summed E-state index contributed by atoms with van der Waals surface area (Å²) in [7, 11) is 0. The highest BCUT2D eigenvalue weighted by Crippen LogP contribution is 2.44. The van der Waals surface area contributed by atoms with Crippen LogP contribution < -0.4 is 0 Å². The molecule has 0 bridgehead atoms. The number of hydrogen-bond acceptors (Lipinski definition) is 3. The van der Waals surface area contributed by atoms with Crippen LogP contribution in [0, 0.1) is 6.92 Å². The Hall–Kier alpha value is -3.45. The molecule has 0 saturated carbocycles. The maximum absolute atomic E-state index is 14.2. The zero-order valence-electron chi connectivity index (χ0n) is 18.7. The molecule has 1 atom stereocenters. The third-order valence-corrected chi connectivity index (χ3v) is 6.11. The van der Waals surface area contributed by atoms with E-state index in [1.807, 2.05) is 43.3 Å². The Balaban J connectivity index is 1.75. The van der Waals surface area contributed by atoms with Crippen LogP contribution in [0.4, 0.5) is 13.2 Å². The zero-order chi connectivity index (χ0) is 23.7. The van der Waals surface area contributed by atoms with Gasteiger partial charge in [0.1, 0.15) is 0 Å². The number of alkyl halides is 3. The average Bonchev–Trinajstić information content (AvgIpc) is 3.27. The standard InChI is InChI=1S/C27H24F3N3O/c1-18-16-22(31-17-21(18)19-10-4-2-5-11-19)25-24(20-12-6-3-7-13-20)26(27(28,29)30)32-33(25)23-14-8-9-15-34-23/h2-7,10-13,16-17,23H,8-9,14-15H2,1H3. The van der Waals surface area contributed by atoms with Crippen molar-refractivity contribution in [3.8, 4) is 33.6 Å². The summed E-state index contributed by atoms with van der Waals surface area (Å²) in [5.74, 6) is 0. The maximum atomic E-state index is 14.2. The lowest BCUT2D eigenvalue weighted by Crippen LogP contribution is -2.21. The van der Waals surface area contributed by atoms with Crippen molar-refractivity contribution >= 4 is 0 Å². The largest absolute Gasteiger partial charge is 0.435 e. The fourth-order valence-electron chi connectivity index (χ4n) is 4.49. The minimum atomic E-state index is -4.63. The first-order chi connectivity index (χ1) is 16.4. The van der Waals surface area contributed by atoms with Gasteiger partial charge in [-0.1, -0.05) is 60.7 Å². The van der Waals surface area contributed by atoms with Crippen molar-refractivity contribution in [2.24, 2.45) is 0 Å². The molecule has 2 aromatic carbocycles. The third-order valence-electron chi connectivity index (χ3n) is 6.11. The molecule has 7 heteroatoms. The molecule has 174 valence electrons. The normalized spacial score (nSPS) is 16.5. The van der Waals surface area contributed by atoms with Gasteiger partial charge in [-0.15, -0.1) is 0 Å². The molecule has 1 aliphatic rings. The quantitative estimate of drug-likeness (QED) is 0.319. The molecule has 1 aliphatic heterocycles. The zero-order valence-corrected chi connectivity index (χ0v) is 18.7. The summed E-state index contributed by atoms with van der Waals surface area (Å²) < 4.78 is 50.0. The van der Waals surface area contributed by atoms with E-state index < -0.39 is 18.1 Å². The molecule has 1 unspecified atom stereocenters. The second kappa shape index (κ2) is 9.06. The number of nitrogens with zero attached hydrogens (tertiary/aromatic N) is 3. The third kappa shape index (κ3) is 4.23. The first kappa shape index (κ1) is 22.3. The van der Waals surface area contributed by atoms with Crippen molar-refractivity contribution in [1.82, 2.24) is 14.8 Å². The topological polar surface area (TPSA) is 39.9 Å². The minimum Gasteiger partial charge on any atom is -0.356 e. The fourth-order valence-corrected chi connectivity index (χ4v) is 4.49. The van der Waals surface area contributed by atoms with Crippen molar-refractivity contribution in [1.29, 1.82) is 0 Å². The van der Waals surface area contributed by atoms with Gasteiger partial charge in [0, 0.05) is 23.9 Å². The Labute approximate surface area is 196 Å². The fraction of sp³-hybridized carbons (Fsp3) is 0.259. The average molecular weight is 464 g/mol. The number of benzene rings is 2. The van der Waals surface area contributed by atoms with Gasteiger partial charge in [-0.3, -0.25) is 4.98 Å². The van der Waals surface area contributed by atoms with Crippen molar-refractivity contribution in [2.75, 3.05) is 6.61 Å². The number of rotatable bonds is 4. The number of ether oxygens (including phenoxy) is 1. The van der Waals surface area contributed by atoms with Gasteiger partial charge in [-0.25, -0.2) is 4.68 Å². The van der Waals surface area contributed by atoms with E-state index in [1.54, 1.807) is 36.5 Å². The summed E-state index contributed by atoms with van der Waals surface area (Å²) in [6.07, 6.45) is -1.13. The minimum absolute atomic E-state index is 0.0293. The van der Waals surface area contributed by atoms with E-state index in [2.05, 4.69) is 10.1 Å². The van der Waals surface area contributed by atoms with Gasteiger partial charge in [0.05, 0.1) is 11.4 Å². The molecule has 34 heavy (non-hydrogen) atoms. The van der Waals surface area contributed by atoms with E-state index in [4.69, 9.17) is 4.74 Å². The van der Waals surface area contributed by atoms with Crippen LogP contribution in [0.1, 0.15) is 36.7 Å². The van der Waals surface area contributed by atoms with Gasteiger partial charge in [-0.2, -0.15) is 18.3 Å². The molecule has 1 saturated heterocycles. The van der Waals surface area contributed by atoms with E-state index in [1.165, 1.54) is 4.68 Å². The van der Waals surface area contributed by atoms with E-state index in [9.17, 15) is 13.2 Å². The predicted molar refractivity (Wildman–Crippen MR) is 125 cm³/mol. The number of aryl methyl sites for hydroxylation is 1. The lowest BCUT2D eigenvalue weighted by atomic mass is 9.98. The van der Waals surface area contributed by atoms with Crippen molar-refractivity contribution in [3.63, 3.8) is 0 Å². The molecule has 0 spiro atoms. The SMILES string of the molecule is Cc1cc(-c2c(-c3ccccc3)c(C(F)(F)F)nn2C2CCCCO2)ncc1-c1ccccc1. The Bertz CT molecular complexity index is 1280. The highest BCUT2D eigenvalue weighted by atomic mass is 19.4. The number of hydrogen-bond donors (Lipinski definition) is 0. The summed E-state index contributed by atoms with van der Waals surface area (Å²) in [6.45, 7) is 2.43. The van der Waals surface area contributed by atoms with Gasteiger partial charge < -0.3 is 4.74 Å². The predicted octanol–water partition coefficient (Wildman–Crippen LogP) is 7.31. The smallest absolute Gasteiger partial charge is 0.356 e. The molecule has 3 heterocycles. The van der Waals surface area contributed by atoms with E-state index >= 15 is 0 Å². The molecular formula is C27H24F3N3O. The Morgan fingerprint density at radius 1 is 0.941 bits per heavy atom. The molecule has 5 rings (SSSR count). The van der Waals surface area contributed by atoms with E-state index in [0.29, 0.717) is 30.0 Å². The van der Waals surface area contributed by atoms with Crippen LogP contribution in [0.25, 0.3) is 33.6 Å². The molecule has 2 aromatic heterocycles. The van der Waals surface area contributed by atoms with Gasteiger partial charge in [0.2, 0.25) is 0 Å². The Morgan fingerprint density at radius 2 is 1.62 bits per heavy atom. The number of halogens is 3. The van der Waals surface area contributed by atoms with Crippen molar-refractivity contribution in [2.45, 2.75) is 38.6 Å². The van der Waals surface area contributed by atoms with Crippen LogP contribution in [0.2, 0.25) is 0 Å². The second-order valence-corrected chi connectivity index (χ2v) is 8.45. The van der Waals surface area contributed by atoms with Crippen LogP contribution in [0.3, 0.4) is 0 Å². The van der Waals surface area contributed by atoms with Crippen LogP contribution in [0.15, 0.2) is 72.9 Å². The van der Waals surface area contributed by atoms with Gasteiger partial charge >= 0.3 is 6.18 Å². The summed E-state index contributed by atoms with van der Waals surface area (Å²) in [4.78, 5) is 4.64. The van der Waals surface area contributed by atoms with E-state index in [0.717, 1.165) is 29.5 Å². The number of aromatic nitrogens is 3. The molecule has 0 aliphatic carbocycles. The first-order valence-electron chi connectivity index (χ1n) is 11.3. The lowest BCUT2D eigenvalue weighted by molar-refractivity contribution is -0.141. The molecule has 0 radical (unpaired) electrons. The van der Waals surface area contributed by atoms with Gasteiger partial charge in [0.25, 0.3) is 0 Å². The summed E-state index contributed by atoms with van der Waals surface area (Å²) >= 11 is 0. The van der Waals surface area contributed by atoms with E-state index in [-0.39, 0.29) is 5.56 Å². The van der Waals surface area contributed by atoms with Crippen LogP contribution in [0.5, 0.6) is 0 Å². The highest BCUT2D eigenvalue weighted by molar-refractivity contribution is 5.83. The Kier molecular flexibility index (Phi) is 5.96. The monoisotopic (exact) mass is 463 g/mol. The highest BCUT2D eigenvalue weighted by Gasteiger charge is 2.41. The Morgan fingerprint density at radius 3 is 2.21 bits per heavy atom.